The van der Waals surface area contributed by atoms with E-state index < -0.39 is 10.0 Å². The predicted octanol–water partition coefficient (Wildman–Crippen LogP) is 1.36. The van der Waals surface area contributed by atoms with E-state index in [1.807, 2.05) is 6.07 Å². The molecule has 0 aromatic carbocycles. The minimum absolute atomic E-state index is 0.150. The van der Waals surface area contributed by atoms with Crippen molar-refractivity contribution in [3.63, 3.8) is 0 Å². The molecule has 0 spiro atoms. The SMILES string of the molecule is CS(=O)(=O)NCCc1ccc(C(=O)NCc2ccoc2)s1. The van der Waals surface area contributed by atoms with Crippen molar-refractivity contribution in [2.24, 2.45) is 0 Å². The average Bonchev–Trinajstić information content (AvgIpc) is 3.05. The molecule has 0 saturated carbocycles. The fourth-order valence-electron chi connectivity index (χ4n) is 1.66. The third kappa shape index (κ3) is 5.33. The summed E-state index contributed by atoms with van der Waals surface area (Å²) in [5.74, 6) is -0.150. The lowest BCUT2D eigenvalue weighted by Gasteiger charge is -2.01. The first-order valence-electron chi connectivity index (χ1n) is 6.27. The second kappa shape index (κ2) is 6.88. The normalized spacial score (nSPS) is 11.5. The van der Waals surface area contributed by atoms with Gasteiger partial charge in [0, 0.05) is 23.5 Å². The number of amides is 1. The molecule has 1 amide bonds. The lowest BCUT2D eigenvalue weighted by Crippen LogP contribution is -2.24. The van der Waals surface area contributed by atoms with Crippen molar-refractivity contribution in [3.05, 3.63) is 46.0 Å². The van der Waals surface area contributed by atoms with Gasteiger partial charge in [0.05, 0.1) is 23.7 Å². The summed E-state index contributed by atoms with van der Waals surface area (Å²) in [4.78, 5) is 13.5. The molecule has 0 aliphatic heterocycles. The molecule has 21 heavy (non-hydrogen) atoms. The van der Waals surface area contributed by atoms with Crippen LogP contribution in [0.5, 0.6) is 0 Å². The standard InChI is InChI=1S/C13H16N2O4S2/c1-21(17,18)15-6-4-11-2-3-12(20-11)13(16)14-8-10-5-7-19-9-10/h2-3,5,7,9,15H,4,6,8H2,1H3,(H,14,16). The van der Waals surface area contributed by atoms with Crippen LogP contribution in [0.2, 0.25) is 0 Å². The summed E-state index contributed by atoms with van der Waals surface area (Å²) in [6.45, 7) is 0.744. The van der Waals surface area contributed by atoms with Crippen LogP contribution in [0.1, 0.15) is 20.1 Å². The Labute approximate surface area is 127 Å². The Bertz CT molecular complexity index is 690. The number of sulfonamides is 1. The van der Waals surface area contributed by atoms with E-state index in [9.17, 15) is 13.2 Å². The maximum absolute atomic E-state index is 11.9. The zero-order chi connectivity index (χ0) is 15.3. The lowest BCUT2D eigenvalue weighted by molar-refractivity contribution is 0.0955. The summed E-state index contributed by atoms with van der Waals surface area (Å²) in [5.41, 5.74) is 0.900. The van der Waals surface area contributed by atoms with Gasteiger partial charge in [0.2, 0.25) is 10.0 Å². The zero-order valence-corrected chi connectivity index (χ0v) is 13.1. The van der Waals surface area contributed by atoms with Gasteiger partial charge in [-0.2, -0.15) is 0 Å². The molecule has 6 nitrogen and oxygen atoms in total. The van der Waals surface area contributed by atoms with Crippen LogP contribution >= 0.6 is 11.3 Å². The molecule has 0 aliphatic carbocycles. The van der Waals surface area contributed by atoms with Gasteiger partial charge in [-0.1, -0.05) is 0 Å². The highest BCUT2D eigenvalue weighted by molar-refractivity contribution is 7.88. The van der Waals surface area contributed by atoms with Crippen LogP contribution < -0.4 is 10.0 Å². The van der Waals surface area contributed by atoms with E-state index in [0.717, 1.165) is 16.7 Å². The quantitative estimate of drug-likeness (QED) is 0.803. The molecule has 2 N–H and O–H groups in total. The lowest BCUT2D eigenvalue weighted by atomic mass is 10.3. The molecule has 0 bridgehead atoms. The molecule has 0 fully saturated rings. The molecule has 0 unspecified atom stereocenters. The first-order valence-corrected chi connectivity index (χ1v) is 8.97. The Morgan fingerprint density at radius 1 is 1.33 bits per heavy atom. The van der Waals surface area contributed by atoms with Crippen molar-refractivity contribution in [2.45, 2.75) is 13.0 Å². The summed E-state index contributed by atoms with van der Waals surface area (Å²) >= 11 is 1.36. The second-order valence-electron chi connectivity index (χ2n) is 4.50. The maximum atomic E-state index is 11.9. The van der Waals surface area contributed by atoms with Gasteiger partial charge in [0.25, 0.3) is 5.91 Å². The van der Waals surface area contributed by atoms with Gasteiger partial charge < -0.3 is 9.73 Å². The number of carbonyl (C=O) groups excluding carboxylic acids is 1. The highest BCUT2D eigenvalue weighted by atomic mass is 32.2. The summed E-state index contributed by atoms with van der Waals surface area (Å²) < 4.78 is 29.3. The van der Waals surface area contributed by atoms with Crippen LogP contribution in [0, 0.1) is 0 Å². The van der Waals surface area contributed by atoms with Crippen LogP contribution in [-0.4, -0.2) is 27.1 Å². The first-order chi connectivity index (χ1) is 9.94. The molecule has 0 saturated heterocycles. The van der Waals surface area contributed by atoms with E-state index in [1.165, 1.54) is 11.3 Å². The maximum Gasteiger partial charge on any atom is 0.261 e. The summed E-state index contributed by atoms with van der Waals surface area (Å²) in [6.07, 6.45) is 4.82. The smallest absolute Gasteiger partial charge is 0.261 e. The molecule has 0 atom stereocenters. The Hall–Kier alpha value is -1.64. The van der Waals surface area contributed by atoms with Crippen molar-refractivity contribution in [2.75, 3.05) is 12.8 Å². The number of nitrogens with one attached hydrogen (secondary N) is 2. The third-order valence-corrected chi connectivity index (χ3v) is 4.53. The molecule has 0 aliphatic rings. The highest BCUT2D eigenvalue weighted by Crippen LogP contribution is 2.17. The van der Waals surface area contributed by atoms with E-state index in [1.54, 1.807) is 24.7 Å². The molecule has 2 rings (SSSR count). The van der Waals surface area contributed by atoms with Gasteiger partial charge in [0.15, 0.2) is 0 Å². The van der Waals surface area contributed by atoms with Crippen molar-refractivity contribution in [3.8, 4) is 0 Å². The number of hydrogen-bond donors (Lipinski definition) is 2. The number of hydrogen-bond acceptors (Lipinski definition) is 5. The van der Waals surface area contributed by atoms with Gasteiger partial charge in [-0.3, -0.25) is 4.79 Å². The van der Waals surface area contributed by atoms with Gasteiger partial charge in [-0.05, 0) is 24.6 Å². The molecular weight excluding hydrogens is 312 g/mol. The Morgan fingerprint density at radius 2 is 2.14 bits per heavy atom. The zero-order valence-electron chi connectivity index (χ0n) is 11.5. The van der Waals surface area contributed by atoms with Gasteiger partial charge in [-0.15, -0.1) is 11.3 Å². The van der Waals surface area contributed by atoms with Crippen LogP contribution in [-0.2, 0) is 23.0 Å². The van der Waals surface area contributed by atoms with E-state index in [-0.39, 0.29) is 5.91 Å². The third-order valence-electron chi connectivity index (χ3n) is 2.65. The molecule has 8 heteroatoms. The topological polar surface area (TPSA) is 88.4 Å². The monoisotopic (exact) mass is 328 g/mol. The van der Waals surface area contributed by atoms with Gasteiger partial charge >= 0.3 is 0 Å². The first kappa shape index (κ1) is 15.7. The molecule has 2 aromatic heterocycles. The van der Waals surface area contributed by atoms with Gasteiger partial charge in [-0.25, -0.2) is 13.1 Å². The summed E-state index contributed by atoms with van der Waals surface area (Å²) in [5, 5.41) is 2.80. The van der Waals surface area contributed by atoms with Crippen LogP contribution in [0.4, 0.5) is 0 Å². The van der Waals surface area contributed by atoms with Gasteiger partial charge in [0.1, 0.15) is 0 Å². The van der Waals surface area contributed by atoms with Crippen molar-refractivity contribution >= 4 is 27.3 Å². The number of furan rings is 1. The van der Waals surface area contributed by atoms with E-state index in [4.69, 9.17) is 4.42 Å². The molecule has 0 radical (unpaired) electrons. The fourth-order valence-corrected chi connectivity index (χ4v) is 3.05. The van der Waals surface area contributed by atoms with Crippen LogP contribution in [0.25, 0.3) is 0 Å². The predicted molar refractivity (Wildman–Crippen MR) is 80.7 cm³/mol. The Kier molecular flexibility index (Phi) is 5.16. The average molecular weight is 328 g/mol. The number of carbonyl (C=O) groups is 1. The largest absolute Gasteiger partial charge is 0.472 e. The minimum Gasteiger partial charge on any atom is -0.472 e. The summed E-state index contributed by atoms with van der Waals surface area (Å²) in [6, 6.07) is 5.36. The number of thiophene rings is 1. The molecular formula is C13H16N2O4S2. The fraction of sp³-hybridized carbons (Fsp3) is 0.308. The number of rotatable bonds is 7. The highest BCUT2D eigenvalue weighted by Gasteiger charge is 2.09. The summed E-state index contributed by atoms with van der Waals surface area (Å²) in [7, 11) is -3.17. The molecule has 114 valence electrons. The molecule has 2 aromatic rings. The van der Waals surface area contributed by atoms with Crippen molar-refractivity contribution < 1.29 is 17.6 Å². The Balaban J connectivity index is 1.82. The van der Waals surface area contributed by atoms with E-state index >= 15 is 0 Å². The van der Waals surface area contributed by atoms with Crippen LogP contribution in [0.3, 0.4) is 0 Å². The minimum atomic E-state index is -3.17. The van der Waals surface area contributed by atoms with E-state index in [2.05, 4.69) is 10.0 Å². The van der Waals surface area contributed by atoms with Crippen LogP contribution in [0.15, 0.2) is 35.1 Å². The van der Waals surface area contributed by atoms with Crippen molar-refractivity contribution in [1.82, 2.24) is 10.0 Å². The van der Waals surface area contributed by atoms with Crippen molar-refractivity contribution in [1.29, 1.82) is 0 Å². The second-order valence-corrected chi connectivity index (χ2v) is 7.50. The molecule has 2 heterocycles. The van der Waals surface area contributed by atoms with E-state index in [0.29, 0.717) is 24.4 Å². The Morgan fingerprint density at radius 3 is 2.81 bits per heavy atom.